The van der Waals surface area contributed by atoms with Crippen molar-refractivity contribution in [2.75, 3.05) is 11.9 Å². The zero-order chi connectivity index (χ0) is 14.1. The molecule has 1 aliphatic heterocycles. The maximum Gasteiger partial charge on any atom is 0.311 e. The van der Waals surface area contributed by atoms with Crippen molar-refractivity contribution in [2.24, 2.45) is 0 Å². The fourth-order valence-electron chi connectivity index (χ4n) is 2.16. The number of nitrogens with one attached hydrogen (secondary N) is 1. The highest BCUT2D eigenvalue weighted by molar-refractivity contribution is 9.10. The molecule has 7 heteroatoms. The van der Waals surface area contributed by atoms with Crippen molar-refractivity contribution < 1.29 is 9.66 Å². The van der Waals surface area contributed by atoms with Crippen LogP contribution in [0.5, 0.6) is 5.75 Å². The summed E-state index contributed by atoms with van der Waals surface area (Å²) in [5.74, 6) is 0.804. The fraction of sp³-hybridized carbons (Fsp3) is 0.154. The molecule has 1 unspecified atom stereocenters. The Hall–Kier alpha value is -2.15. The molecule has 1 atom stereocenters. The standard InChI is InChI=1S/C13H10BrN3O3/c14-9-5-15-6-11(17(18)19)13(9)16-10-7-20-12-4-2-1-3-8(10)12/h1-6,10H,7H2,(H,15,16). The number of hydrogen-bond donors (Lipinski definition) is 1. The van der Waals surface area contributed by atoms with Gasteiger partial charge in [-0.25, -0.2) is 0 Å². The molecular weight excluding hydrogens is 326 g/mol. The predicted octanol–water partition coefficient (Wildman–Crippen LogP) is 3.30. The maximum absolute atomic E-state index is 11.1. The van der Waals surface area contributed by atoms with Crippen molar-refractivity contribution in [2.45, 2.75) is 6.04 Å². The molecule has 1 aliphatic rings. The molecule has 6 nitrogen and oxygen atoms in total. The zero-order valence-corrected chi connectivity index (χ0v) is 11.8. The van der Waals surface area contributed by atoms with E-state index in [0.717, 1.165) is 11.3 Å². The number of benzene rings is 1. The van der Waals surface area contributed by atoms with Gasteiger partial charge in [-0.05, 0) is 22.0 Å². The highest BCUT2D eigenvalue weighted by atomic mass is 79.9. The minimum atomic E-state index is -0.457. The normalized spacial score (nSPS) is 16.4. The Balaban J connectivity index is 1.95. The van der Waals surface area contributed by atoms with Crippen LogP contribution in [-0.4, -0.2) is 16.5 Å². The number of halogens is 1. The molecular formula is C13H10BrN3O3. The number of pyridine rings is 1. The summed E-state index contributed by atoms with van der Waals surface area (Å²) < 4.78 is 6.11. The van der Waals surface area contributed by atoms with Gasteiger partial charge in [-0.15, -0.1) is 0 Å². The number of aromatic nitrogens is 1. The third-order valence-corrected chi connectivity index (χ3v) is 3.70. The van der Waals surface area contributed by atoms with Crippen LogP contribution in [0.25, 0.3) is 0 Å². The van der Waals surface area contributed by atoms with Crippen molar-refractivity contribution in [1.82, 2.24) is 4.98 Å². The van der Waals surface area contributed by atoms with Gasteiger partial charge in [-0.1, -0.05) is 18.2 Å². The van der Waals surface area contributed by atoms with Crippen LogP contribution in [0, 0.1) is 10.1 Å². The van der Waals surface area contributed by atoms with Crippen LogP contribution in [-0.2, 0) is 0 Å². The summed E-state index contributed by atoms with van der Waals surface area (Å²) in [6, 6.07) is 7.52. The van der Waals surface area contributed by atoms with Crippen LogP contribution in [0.4, 0.5) is 11.4 Å². The second-order valence-electron chi connectivity index (χ2n) is 4.32. The molecule has 1 aromatic heterocycles. The summed E-state index contributed by atoms with van der Waals surface area (Å²) in [4.78, 5) is 14.4. The van der Waals surface area contributed by atoms with E-state index in [-0.39, 0.29) is 11.7 Å². The first kappa shape index (κ1) is 12.9. The van der Waals surface area contributed by atoms with Crippen LogP contribution in [0.3, 0.4) is 0 Å². The number of ether oxygens (including phenoxy) is 1. The highest BCUT2D eigenvalue weighted by Crippen LogP contribution is 2.38. The molecule has 0 spiro atoms. The number of nitro groups is 1. The molecule has 1 aromatic carbocycles. The van der Waals surface area contributed by atoms with E-state index in [1.165, 1.54) is 12.4 Å². The van der Waals surface area contributed by atoms with Crippen LogP contribution in [0.2, 0.25) is 0 Å². The Kier molecular flexibility index (Phi) is 3.27. The van der Waals surface area contributed by atoms with Gasteiger partial charge in [0, 0.05) is 11.8 Å². The van der Waals surface area contributed by atoms with E-state index in [9.17, 15) is 10.1 Å². The summed E-state index contributed by atoms with van der Waals surface area (Å²) in [6.07, 6.45) is 2.76. The molecule has 0 fully saturated rings. The molecule has 0 radical (unpaired) electrons. The van der Waals surface area contributed by atoms with Gasteiger partial charge in [-0.3, -0.25) is 15.1 Å². The Bertz CT molecular complexity index is 678. The second-order valence-corrected chi connectivity index (χ2v) is 5.17. The van der Waals surface area contributed by atoms with Crippen molar-refractivity contribution in [3.63, 3.8) is 0 Å². The quantitative estimate of drug-likeness (QED) is 0.687. The first-order valence-electron chi connectivity index (χ1n) is 5.93. The molecule has 0 aliphatic carbocycles. The molecule has 0 amide bonds. The molecule has 0 saturated carbocycles. The minimum Gasteiger partial charge on any atom is -0.491 e. The lowest BCUT2D eigenvalue weighted by Gasteiger charge is -2.14. The zero-order valence-electron chi connectivity index (χ0n) is 10.2. The van der Waals surface area contributed by atoms with Crippen LogP contribution < -0.4 is 10.1 Å². The number of para-hydroxylation sites is 1. The Morgan fingerprint density at radius 2 is 2.20 bits per heavy atom. The molecule has 0 saturated heterocycles. The fourth-order valence-corrected chi connectivity index (χ4v) is 2.60. The van der Waals surface area contributed by atoms with E-state index in [4.69, 9.17) is 4.74 Å². The number of anilines is 1. The van der Waals surface area contributed by atoms with Crippen LogP contribution in [0.15, 0.2) is 41.1 Å². The average molecular weight is 336 g/mol. The second kappa shape index (κ2) is 5.09. The first-order chi connectivity index (χ1) is 9.66. The maximum atomic E-state index is 11.1. The molecule has 2 aromatic rings. The van der Waals surface area contributed by atoms with Crippen molar-refractivity contribution >= 4 is 27.3 Å². The topological polar surface area (TPSA) is 77.3 Å². The number of hydrogen-bond acceptors (Lipinski definition) is 5. The largest absolute Gasteiger partial charge is 0.491 e. The van der Waals surface area contributed by atoms with E-state index in [1.54, 1.807) is 0 Å². The third-order valence-electron chi connectivity index (χ3n) is 3.09. The number of nitrogens with zero attached hydrogens (tertiary/aromatic N) is 2. The van der Waals surface area contributed by atoms with Gasteiger partial charge in [0.15, 0.2) is 0 Å². The summed E-state index contributed by atoms with van der Waals surface area (Å²) in [6.45, 7) is 0.436. The molecule has 20 heavy (non-hydrogen) atoms. The Labute approximate surface area is 123 Å². The lowest BCUT2D eigenvalue weighted by Crippen LogP contribution is -2.13. The summed E-state index contributed by atoms with van der Waals surface area (Å²) in [7, 11) is 0. The van der Waals surface area contributed by atoms with E-state index in [1.807, 2.05) is 24.3 Å². The lowest BCUT2D eigenvalue weighted by atomic mass is 10.1. The molecule has 0 bridgehead atoms. The molecule has 3 rings (SSSR count). The van der Waals surface area contributed by atoms with Gasteiger partial charge in [0.25, 0.3) is 0 Å². The smallest absolute Gasteiger partial charge is 0.311 e. The monoisotopic (exact) mass is 335 g/mol. The highest BCUT2D eigenvalue weighted by Gasteiger charge is 2.27. The molecule has 102 valence electrons. The van der Waals surface area contributed by atoms with Crippen LogP contribution >= 0.6 is 15.9 Å². The summed E-state index contributed by atoms with van der Waals surface area (Å²) >= 11 is 3.29. The van der Waals surface area contributed by atoms with Crippen molar-refractivity contribution in [3.05, 3.63) is 56.8 Å². The van der Waals surface area contributed by atoms with Gasteiger partial charge in [0.2, 0.25) is 0 Å². The Morgan fingerprint density at radius 3 is 3.00 bits per heavy atom. The van der Waals surface area contributed by atoms with E-state index >= 15 is 0 Å². The van der Waals surface area contributed by atoms with Gasteiger partial charge in [0.1, 0.15) is 24.2 Å². The van der Waals surface area contributed by atoms with Crippen LogP contribution in [0.1, 0.15) is 11.6 Å². The Morgan fingerprint density at radius 1 is 1.40 bits per heavy atom. The SMILES string of the molecule is O=[N+]([O-])c1cncc(Br)c1NC1COc2ccccc21. The van der Waals surface area contributed by atoms with Gasteiger partial charge < -0.3 is 10.1 Å². The predicted molar refractivity (Wildman–Crippen MR) is 76.9 cm³/mol. The van der Waals surface area contributed by atoms with E-state index in [0.29, 0.717) is 16.8 Å². The average Bonchev–Trinajstić information content (AvgIpc) is 2.84. The molecule has 2 heterocycles. The summed E-state index contributed by atoms with van der Waals surface area (Å²) in [5, 5.41) is 14.2. The summed E-state index contributed by atoms with van der Waals surface area (Å²) in [5.41, 5.74) is 1.34. The van der Waals surface area contributed by atoms with Gasteiger partial charge in [-0.2, -0.15) is 0 Å². The van der Waals surface area contributed by atoms with Gasteiger partial charge in [0.05, 0.1) is 15.4 Å². The molecule has 1 N–H and O–H groups in total. The van der Waals surface area contributed by atoms with E-state index < -0.39 is 4.92 Å². The van der Waals surface area contributed by atoms with Gasteiger partial charge >= 0.3 is 5.69 Å². The lowest BCUT2D eigenvalue weighted by molar-refractivity contribution is -0.384. The third kappa shape index (κ3) is 2.20. The first-order valence-corrected chi connectivity index (χ1v) is 6.72. The number of fused-ring (bicyclic) bond motifs is 1. The van der Waals surface area contributed by atoms with Crippen molar-refractivity contribution in [3.8, 4) is 5.75 Å². The number of rotatable bonds is 3. The van der Waals surface area contributed by atoms with Crippen molar-refractivity contribution in [1.29, 1.82) is 0 Å². The van der Waals surface area contributed by atoms with E-state index in [2.05, 4.69) is 26.2 Å². The minimum absolute atomic E-state index is 0.0660.